The molecule has 0 saturated carbocycles. The Morgan fingerprint density at radius 3 is 2.67 bits per heavy atom. The highest BCUT2D eigenvalue weighted by Crippen LogP contribution is 2.16. The average Bonchev–Trinajstić information content (AvgIpc) is 2.18. The highest BCUT2D eigenvalue weighted by molar-refractivity contribution is 7.89. The number of nitrogens with one attached hydrogen (secondary N) is 1. The van der Waals surface area contributed by atoms with Crippen LogP contribution >= 0.6 is 0 Å². The van der Waals surface area contributed by atoms with Crippen LogP contribution in [0.5, 0.6) is 0 Å². The van der Waals surface area contributed by atoms with Gasteiger partial charge < -0.3 is 0 Å². The van der Waals surface area contributed by atoms with Crippen molar-refractivity contribution in [1.29, 1.82) is 0 Å². The number of hydrogen-bond donors (Lipinski definition) is 1. The van der Waals surface area contributed by atoms with Crippen LogP contribution in [0, 0.1) is 16.7 Å². The maximum absolute atomic E-state index is 11.4. The summed E-state index contributed by atoms with van der Waals surface area (Å²) in [6.07, 6.45) is 0. The van der Waals surface area contributed by atoms with Crippen LogP contribution in [-0.2, 0) is 10.0 Å². The van der Waals surface area contributed by atoms with Crippen LogP contribution in [0.25, 0.3) is 0 Å². The largest absolute Gasteiger partial charge is 0.270 e. The van der Waals surface area contributed by atoms with Crippen molar-refractivity contribution in [1.82, 2.24) is 4.72 Å². The van der Waals surface area contributed by atoms with Gasteiger partial charge in [-0.3, -0.25) is 10.1 Å². The number of benzene rings is 1. The van der Waals surface area contributed by atoms with Crippen molar-refractivity contribution in [3.05, 3.63) is 40.9 Å². The van der Waals surface area contributed by atoms with E-state index in [0.29, 0.717) is 0 Å². The summed E-state index contributed by atoms with van der Waals surface area (Å²) < 4.78 is 25.0. The second-order valence-corrected chi connectivity index (χ2v) is 4.38. The molecule has 0 unspecified atom stereocenters. The molecule has 81 valence electrons. The normalized spacial score (nSPS) is 11.3. The van der Waals surface area contributed by atoms with Gasteiger partial charge in [0.1, 0.15) is 0 Å². The Balaban J connectivity index is 3.16. The maximum Gasteiger partial charge on any atom is 0.270 e. The topological polar surface area (TPSA) is 89.3 Å². The summed E-state index contributed by atoms with van der Waals surface area (Å²) in [6, 6.07) is 4.85. The highest BCUT2D eigenvalue weighted by Gasteiger charge is 2.16. The van der Waals surface area contributed by atoms with Crippen molar-refractivity contribution >= 4 is 15.7 Å². The molecule has 0 spiro atoms. The first kappa shape index (κ1) is 11.6. The van der Waals surface area contributed by atoms with Crippen LogP contribution in [0.15, 0.2) is 29.2 Å². The van der Waals surface area contributed by atoms with Gasteiger partial charge in [0.05, 0.1) is 9.82 Å². The molecule has 0 aliphatic carbocycles. The van der Waals surface area contributed by atoms with Crippen LogP contribution in [0.4, 0.5) is 5.69 Å². The Bertz CT molecular complexity index is 469. The molecule has 1 aromatic carbocycles. The SMILES string of the molecule is C[CH]NS(=O)(=O)c1cccc([N+](=O)[O-])c1. The van der Waals surface area contributed by atoms with E-state index in [1.165, 1.54) is 31.7 Å². The lowest BCUT2D eigenvalue weighted by molar-refractivity contribution is -0.385. The van der Waals surface area contributed by atoms with Gasteiger partial charge in [-0.25, -0.2) is 13.1 Å². The van der Waals surface area contributed by atoms with E-state index in [9.17, 15) is 18.5 Å². The fourth-order valence-corrected chi connectivity index (χ4v) is 1.97. The smallest absolute Gasteiger partial charge is 0.258 e. The minimum atomic E-state index is -3.68. The van der Waals surface area contributed by atoms with Gasteiger partial charge in [0, 0.05) is 18.7 Å². The minimum Gasteiger partial charge on any atom is -0.258 e. The van der Waals surface area contributed by atoms with E-state index in [2.05, 4.69) is 4.72 Å². The van der Waals surface area contributed by atoms with Gasteiger partial charge in [-0.1, -0.05) is 6.07 Å². The fourth-order valence-electron chi connectivity index (χ4n) is 0.987. The Labute approximate surface area is 87.1 Å². The second-order valence-electron chi connectivity index (χ2n) is 2.66. The number of non-ortho nitro benzene ring substituents is 1. The number of nitrogens with zero attached hydrogens (tertiary/aromatic N) is 1. The molecule has 0 aliphatic heterocycles. The zero-order valence-electron chi connectivity index (χ0n) is 7.88. The summed E-state index contributed by atoms with van der Waals surface area (Å²) in [6.45, 7) is 2.75. The quantitative estimate of drug-likeness (QED) is 0.617. The van der Waals surface area contributed by atoms with Crippen molar-refractivity contribution in [2.45, 2.75) is 11.8 Å². The number of nitro groups is 1. The molecule has 0 aliphatic rings. The molecule has 1 radical (unpaired) electrons. The van der Waals surface area contributed by atoms with E-state index in [1.54, 1.807) is 0 Å². The first-order chi connectivity index (χ1) is 6.97. The number of hydrogen-bond acceptors (Lipinski definition) is 4. The van der Waals surface area contributed by atoms with Crippen molar-refractivity contribution in [2.24, 2.45) is 0 Å². The second kappa shape index (κ2) is 4.37. The van der Waals surface area contributed by atoms with Gasteiger partial charge in [0.2, 0.25) is 10.0 Å². The van der Waals surface area contributed by atoms with Crippen LogP contribution in [0.1, 0.15) is 6.92 Å². The Morgan fingerprint density at radius 1 is 1.47 bits per heavy atom. The van der Waals surface area contributed by atoms with E-state index in [1.807, 2.05) is 0 Å². The van der Waals surface area contributed by atoms with Gasteiger partial charge >= 0.3 is 0 Å². The number of nitro benzene ring substituents is 1. The van der Waals surface area contributed by atoms with Crippen molar-refractivity contribution < 1.29 is 13.3 Å². The summed E-state index contributed by atoms with van der Waals surface area (Å²) in [5, 5.41) is 10.4. The molecule has 6 nitrogen and oxygen atoms in total. The van der Waals surface area contributed by atoms with Crippen molar-refractivity contribution in [3.63, 3.8) is 0 Å². The summed E-state index contributed by atoms with van der Waals surface area (Å²) in [5.41, 5.74) is -0.256. The van der Waals surface area contributed by atoms with Gasteiger partial charge in [-0.15, -0.1) is 0 Å². The lowest BCUT2D eigenvalue weighted by atomic mass is 10.3. The summed E-state index contributed by atoms with van der Waals surface area (Å²) in [4.78, 5) is 9.65. The van der Waals surface area contributed by atoms with Gasteiger partial charge in [-0.2, -0.15) is 0 Å². The first-order valence-corrected chi connectivity index (χ1v) is 5.50. The number of rotatable bonds is 4. The Morgan fingerprint density at radius 2 is 2.13 bits per heavy atom. The first-order valence-electron chi connectivity index (χ1n) is 4.02. The van der Waals surface area contributed by atoms with Crippen LogP contribution < -0.4 is 4.72 Å². The molecule has 1 N–H and O–H groups in total. The molecular weight excluding hydrogens is 220 g/mol. The molecule has 0 heterocycles. The maximum atomic E-state index is 11.4. The molecular formula is C8H9N2O4S. The molecule has 0 bridgehead atoms. The van der Waals surface area contributed by atoms with Crippen LogP contribution in [0.3, 0.4) is 0 Å². The van der Waals surface area contributed by atoms with Crippen LogP contribution in [-0.4, -0.2) is 13.3 Å². The van der Waals surface area contributed by atoms with Gasteiger partial charge in [-0.05, 0) is 13.0 Å². The van der Waals surface area contributed by atoms with Gasteiger partial charge in [0.25, 0.3) is 5.69 Å². The molecule has 15 heavy (non-hydrogen) atoms. The standard InChI is InChI=1S/C8H9N2O4S/c1-2-9-15(13,14)8-5-3-4-7(6-8)10(11)12/h2-6,9H,1H3. The minimum absolute atomic E-state index is 0.130. The predicted octanol–water partition coefficient (Wildman–Crippen LogP) is 1.05. The third kappa shape index (κ3) is 2.74. The summed E-state index contributed by atoms with van der Waals surface area (Å²) in [5.74, 6) is 0. The molecule has 1 aromatic rings. The van der Waals surface area contributed by atoms with Crippen molar-refractivity contribution in [3.8, 4) is 0 Å². The fraction of sp³-hybridized carbons (Fsp3) is 0.125. The van der Waals surface area contributed by atoms with Gasteiger partial charge in [0.15, 0.2) is 0 Å². The summed E-state index contributed by atoms with van der Waals surface area (Å²) >= 11 is 0. The lowest BCUT2D eigenvalue weighted by Gasteiger charge is -2.03. The van der Waals surface area contributed by atoms with Crippen LogP contribution in [0.2, 0.25) is 0 Å². The monoisotopic (exact) mass is 229 g/mol. The lowest BCUT2D eigenvalue weighted by Crippen LogP contribution is -2.19. The van der Waals surface area contributed by atoms with Crippen molar-refractivity contribution in [2.75, 3.05) is 0 Å². The molecule has 0 aromatic heterocycles. The predicted molar refractivity (Wildman–Crippen MR) is 53.4 cm³/mol. The molecule has 0 saturated heterocycles. The van der Waals surface area contributed by atoms with E-state index in [-0.39, 0.29) is 10.6 Å². The Kier molecular flexibility index (Phi) is 3.38. The average molecular weight is 229 g/mol. The summed E-state index contributed by atoms with van der Waals surface area (Å²) in [7, 11) is -3.68. The van der Waals surface area contributed by atoms with E-state index >= 15 is 0 Å². The van der Waals surface area contributed by atoms with E-state index < -0.39 is 14.9 Å². The van der Waals surface area contributed by atoms with E-state index in [4.69, 9.17) is 0 Å². The number of sulfonamides is 1. The zero-order chi connectivity index (χ0) is 11.5. The third-order valence-electron chi connectivity index (χ3n) is 1.61. The zero-order valence-corrected chi connectivity index (χ0v) is 8.69. The highest BCUT2D eigenvalue weighted by atomic mass is 32.2. The Hall–Kier alpha value is -1.47. The molecule has 0 amide bonds. The van der Waals surface area contributed by atoms with E-state index in [0.717, 1.165) is 6.07 Å². The molecule has 0 atom stereocenters. The molecule has 1 rings (SSSR count). The molecule has 7 heteroatoms. The molecule has 0 fully saturated rings. The third-order valence-corrected chi connectivity index (χ3v) is 3.03.